The first-order chi connectivity index (χ1) is 12.5. The lowest BCUT2D eigenvalue weighted by atomic mass is 10.2. The molecule has 0 unspecified atom stereocenters. The van der Waals surface area contributed by atoms with Crippen LogP contribution in [0.3, 0.4) is 0 Å². The Balaban J connectivity index is 2.03. The minimum atomic E-state index is -0.491. The van der Waals surface area contributed by atoms with Gasteiger partial charge in [0.2, 0.25) is 5.91 Å². The summed E-state index contributed by atoms with van der Waals surface area (Å²) in [5.74, 6) is -0.843. The number of amides is 2. The fraction of sp³-hybridized carbons (Fsp3) is 0.412. The molecule has 3 rings (SSSR count). The number of pyridine rings is 1. The van der Waals surface area contributed by atoms with E-state index in [9.17, 15) is 14.0 Å². The summed E-state index contributed by atoms with van der Waals surface area (Å²) in [6, 6.07) is 1.55. The van der Waals surface area contributed by atoms with Crippen LogP contribution in [0.1, 0.15) is 22.6 Å². The first kappa shape index (κ1) is 18.0. The predicted molar refractivity (Wildman–Crippen MR) is 92.8 cm³/mol. The number of carbonyl (C=O) groups is 2. The number of imidazole rings is 1. The molecule has 0 bridgehead atoms. The highest BCUT2D eigenvalue weighted by Gasteiger charge is 2.27. The average Bonchev–Trinajstić information content (AvgIpc) is 2.86. The van der Waals surface area contributed by atoms with Crippen molar-refractivity contribution >= 4 is 11.8 Å². The van der Waals surface area contributed by atoms with E-state index in [1.54, 1.807) is 6.07 Å². The van der Waals surface area contributed by atoms with E-state index >= 15 is 0 Å². The summed E-state index contributed by atoms with van der Waals surface area (Å²) in [7, 11) is 3.46. The maximum absolute atomic E-state index is 14.3. The zero-order valence-electron chi connectivity index (χ0n) is 14.8. The number of halogens is 1. The van der Waals surface area contributed by atoms with Gasteiger partial charge in [-0.05, 0) is 26.1 Å². The molecule has 0 saturated carbocycles. The van der Waals surface area contributed by atoms with Gasteiger partial charge in [-0.15, -0.1) is 0 Å². The molecule has 0 atom stereocenters. The second kappa shape index (κ2) is 7.61. The number of hydrogen-bond donors (Lipinski definition) is 2. The molecule has 0 radical (unpaired) electrons. The lowest BCUT2D eigenvalue weighted by molar-refractivity contribution is -0.119. The quantitative estimate of drug-likeness (QED) is 0.823. The topological polar surface area (TPSA) is 92.1 Å². The minimum Gasteiger partial charge on any atom is -0.358 e. The van der Waals surface area contributed by atoms with E-state index in [1.165, 1.54) is 13.2 Å². The highest BCUT2D eigenvalue weighted by molar-refractivity contribution is 5.96. The van der Waals surface area contributed by atoms with Crippen LogP contribution in [-0.4, -0.2) is 58.4 Å². The maximum atomic E-state index is 14.3. The van der Waals surface area contributed by atoms with Crippen LogP contribution < -0.4 is 10.6 Å². The zero-order chi connectivity index (χ0) is 18.7. The van der Waals surface area contributed by atoms with Crippen molar-refractivity contribution in [2.45, 2.75) is 19.5 Å². The second-order valence-electron chi connectivity index (χ2n) is 6.19. The molecule has 9 heteroatoms. The lowest BCUT2D eigenvalue weighted by Gasteiger charge is -2.13. The van der Waals surface area contributed by atoms with E-state index in [0.717, 1.165) is 19.2 Å². The number of likely N-dealkylation sites (N-methyl/N-ethyl adjacent to an activating group) is 1. The summed E-state index contributed by atoms with van der Waals surface area (Å²) in [4.78, 5) is 34.3. The fourth-order valence-corrected chi connectivity index (χ4v) is 3.00. The monoisotopic (exact) mass is 360 g/mol. The number of aromatic nitrogens is 3. The number of nitrogens with one attached hydrogen (secondary N) is 2. The van der Waals surface area contributed by atoms with Gasteiger partial charge in [0.15, 0.2) is 11.5 Å². The Kier molecular flexibility index (Phi) is 5.27. The number of nitrogens with zero attached hydrogens (tertiary/aromatic N) is 4. The first-order valence-electron chi connectivity index (χ1n) is 8.38. The van der Waals surface area contributed by atoms with E-state index in [2.05, 4.69) is 25.5 Å². The van der Waals surface area contributed by atoms with Crippen LogP contribution in [0.25, 0.3) is 11.4 Å². The van der Waals surface area contributed by atoms with E-state index in [-0.39, 0.29) is 18.1 Å². The molecule has 2 aromatic heterocycles. The van der Waals surface area contributed by atoms with E-state index in [1.807, 2.05) is 11.6 Å². The molecule has 0 fully saturated rings. The van der Waals surface area contributed by atoms with Crippen molar-refractivity contribution in [3.63, 3.8) is 0 Å². The largest absolute Gasteiger partial charge is 0.358 e. The average molecular weight is 360 g/mol. The summed E-state index contributed by atoms with van der Waals surface area (Å²) in [6.07, 6.45) is 3.48. The second-order valence-corrected chi connectivity index (χ2v) is 6.19. The maximum Gasteiger partial charge on any atom is 0.272 e. The Bertz CT molecular complexity index is 835. The van der Waals surface area contributed by atoms with Gasteiger partial charge in [0, 0.05) is 26.3 Å². The molecule has 26 heavy (non-hydrogen) atoms. The zero-order valence-corrected chi connectivity index (χ0v) is 14.8. The molecule has 0 aliphatic carbocycles. The van der Waals surface area contributed by atoms with Crippen molar-refractivity contribution in [1.82, 2.24) is 30.1 Å². The van der Waals surface area contributed by atoms with E-state index in [4.69, 9.17) is 0 Å². The van der Waals surface area contributed by atoms with Crippen LogP contribution in [0.2, 0.25) is 0 Å². The molecule has 2 N–H and O–H groups in total. The van der Waals surface area contributed by atoms with E-state index in [0.29, 0.717) is 30.2 Å². The third kappa shape index (κ3) is 3.57. The summed E-state index contributed by atoms with van der Waals surface area (Å²) < 4.78 is 16.1. The number of fused-ring (bicyclic) bond motifs is 1. The van der Waals surface area contributed by atoms with Gasteiger partial charge in [0.05, 0.1) is 24.0 Å². The van der Waals surface area contributed by atoms with Crippen LogP contribution in [0.15, 0.2) is 18.5 Å². The van der Waals surface area contributed by atoms with Gasteiger partial charge in [0.1, 0.15) is 5.82 Å². The van der Waals surface area contributed by atoms with Crippen LogP contribution in [0.4, 0.5) is 4.39 Å². The normalized spacial score (nSPS) is 14.4. The molecule has 138 valence electrons. The fourth-order valence-electron chi connectivity index (χ4n) is 3.00. The van der Waals surface area contributed by atoms with Gasteiger partial charge in [-0.2, -0.15) is 0 Å². The van der Waals surface area contributed by atoms with Crippen molar-refractivity contribution in [2.24, 2.45) is 0 Å². The van der Waals surface area contributed by atoms with Crippen LogP contribution in [-0.2, 0) is 17.9 Å². The third-order valence-corrected chi connectivity index (χ3v) is 4.33. The molecule has 2 aromatic rings. The van der Waals surface area contributed by atoms with Crippen molar-refractivity contribution in [3.8, 4) is 11.4 Å². The molecule has 1 aliphatic heterocycles. The van der Waals surface area contributed by atoms with Gasteiger partial charge in [0.25, 0.3) is 5.91 Å². The number of rotatable bonds is 4. The molecular formula is C17H21FN6O2. The van der Waals surface area contributed by atoms with Gasteiger partial charge in [-0.25, -0.2) is 9.37 Å². The third-order valence-electron chi connectivity index (χ3n) is 4.33. The Labute approximate surface area is 150 Å². The van der Waals surface area contributed by atoms with Crippen molar-refractivity contribution in [1.29, 1.82) is 0 Å². The Morgan fingerprint density at radius 1 is 1.35 bits per heavy atom. The van der Waals surface area contributed by atoms with Gasteiger partial charge in [-0.1, -0.05) is 0 Å². The SMILES string of the molecule is CNC(=O)CNC(=O)c1nc(-c2ccncc2F)n2c1CN(C)CCC2. The van der Waals surface area contributed by atoms with Crippen LogP contribution in [0, 0.1) is 5.82 Å². The molecule has 8 nitrogen and oxygen atoms in total. The van der Waals surface area contributed by atoms with Gasteiger partial charge < -0.3 is 20.1 Å². The van der Waals surface area contributed by atoms with E-state index < -0.39 is 11.7 Å². The Morgan fingerprint density at radius 3 is 2.88 bits per heavy atom. The lowest BCUT2D eigenvalue weighted by Crippen LogP contribution is -2.36. The van der Waals surface area contributed by atoms with Crippen molar-refractivity contribution in [2.75, 3.05) is 27.2 Å². The Hall–Kier alpha value is -2.81. The summed E-state index contributed by atoms with van der Waals surface area (Å²) in [5.41, 5.74) is 1.23. The van der Waals surface area contributed by atoms with Crippen molar-refractivity contribution in [3.05, 3.63) is 35.7 Å². The van der Waals surface area contributed by atoms with Crippen LogP contribution >= 0.6 is 0 Å². The number of carbonyl (C=O) groups excluding carboxylic acids is 2. The molecule has 3 heterocycles. The summed E-state index contributed by atoms with van der Waals surface area (Å²) in [5, 5.41) is 5.01. The first-order valence-corrected chi connectivity index (χ1v) is 8.38. The van der Waals surface area contributed by atoms with Gasteiger partial charge in [-0.3, -0.25) is 14.6 Å². The highest BCUT2D eigenvalue weighted by atomic mass is 19.1. The molecule has 2 amide bonds. The number of hydrogen-bond acceptors (Lipinski definition) is 5. The minimum absolute atomic E-state index is 0.142. The summed E-state index contributed by atoms with van der Waals surface area (Å²) in [6.45, 7) is 1.87. The molecular weight excluding hydrogens is 339 g/mol. The van der Waals surface area contributed by atoms with Gasteiger partial charge >= 0.3 is 0 Å². The molecule has 0 aromatic carbocycles. The van der Waals surface area contributed by atoms with Crippen molar-refractivity contribution < 1.29 is 14.0 Å². The Morgan fingerprint density at radius 2 is 2.15 bits per heavy atom. The molecule has 0 spiro atoms. The predicted octanol–water partition coefficient (Wildman–Crippen LogP) is 0.395. The smallest absolute Gasteiger partial charge is 0.272 e. The van der Waals surface area contributed by atoms with Crippen LogP contribution in [0.5, 0.6) is 0 Å². The molecule has 0 saturated heterocycles. The summed E-state index contributed by atoms with van der Waals surface area (Å²) >= 11 is 0. The standard InChI is InChI=1S/C17H21FN6O2/c1-19-14(25)9-21-17(26)15-13-10-23(2)6-3-7-24(13)16(22-15)11-4-5-20-8-12(11)18/h4-5,8H,3,6-7,9-10H2,1-2H3,(H,19,25)(H,21,26). The highest BCUT2D eigenvalue weighted by Crippen LogP contribution is 2.27. The molecule has 1 aliphatic rings.